The summed E-state index contributed by atoms with van der Waals surface area (Å²) in [7, 11) is 0. The number of H-pyrrole nitrogens is 1. The molecule has 0 radical (unpaired) electrons. The summed E-state index contributed by atoms with van der Waals surface area (Å²) in [6.07, 6.45) is 5.91. The summed E-state index contributed by atoms with van der Waals surface area (Å²) in [5, 5.41) is 3.00. The third kappa shape index (κ3) is 2.58. The number of likely N-dealkylation sites (tertiary alicyclic amines) is 1. The van der Waals surface area contributed by atoms with Gasteiger partial charge in [-0.1, -0.05) is 30.5 Å². The van der Waals surface area contributed by atoms with Gasteiger partial charge < -0.3 is 4.90 Å². The highest BCUT2D eigenvalue weighted by molar-refractivity contribution is 5.92. The molecule has 1 aliphatic carbocycles. The van der Waals surface area contributed by atoms with E-state index in [1.807, 2.05) is 36.1 Å². The lowest BCUT2D eigenvalue weighted by atomic mass is 9.85. The molecule has 2 atom stereocenters. The molecule has 2 aliphatic rings. The molecule has 2 fully saturated rings. The number of aryl methyl sites for hydroxylation is 1. The molecule has 126 valence electrons. The fraction of sp³-hybridized carbons (Fsp3) is 0.474. The van der Waals surface area contributed by atoms with E-state index in [0.717, 1.165) is 30.6 Å². The summed E-state index contributed by atoms with van der Waals surface area (Å²) in [4.78, 5) is 27.2. The maximum Gasteiger partial charge on any atom is 0.272 e. The van der Waals surface area contributed by atoms with Crippen molar-refractivity contribution in [2.24, 2.45) is 5.92 Å². The van der Waals surface area contributed by atoms with Gasteiger partial charge in [-0.2, -0.15) is 0 Å². The van der Waals surface area contributed by atoms with E-state index in [1.54, 1.807) is 0 Å². The highest BCUT2D eigenvalue weighted by atomic mass is 16.2. The average Bonchev–Trinajstić information content (AvgIpc) is 3.19. The van der Waals surface area contributed by atoms with Crippen molar-refractivity contribution in [3.8, 4) is 5.69 Å². The number of aromatic amines is 1. The Morgan fingerprint density at radius 2 is 1.88 bits per heavy atom. The zero-order valence-electron chi connectivity index (χ0n) is 14.0. The second-order valence-electron chi connectivity index (χ2n) is 7.08. The molecule has 0 bridgehead atoms. The molecule has 1 aliphatic heterocycles. The quantitative estimate of drug-likeness (QED) is 0.923. The van der Waals surface area contributed by atoms with Gasteiger partial charge in [-0.15, -0.1) is 0 Å². The van der Waals surface area contributed by atoms with Crippen molar-refractivity contribution in [3.05, 3.63) is 51.9 Å². The van der Waals surface area contributed by atoms with E-state index in [9.17, 15) is 9.59 Å². The Labute approximate surface area is 141 Å². The predicted molar refractivity (Wildman–Crippen MR) is 92.5 cm³/mol. The molecule has 0 unspecified atom stereocenters. The molecule has 2 heterocycles. The molecule has 5 heteroatoms. The minimum absolute atomic E-state index is 0.0349. The van der Waals surface area contributed by atoms with Crippen LogP contribution in [0.5, 0.6) is 0 Å². The van der Waals surface area contributed by atoms with Crippen LogP contribution < -0.4 is 5.56 Å². The Morgan fingerprint density at radius 3 is 2.67 bits per heavy atom. The number of nitrogens with one attached hydrogen (secondary N) is 1. The minimum atomic E-state index is -0.193. The lowest BCUT2D eigenvalue weighted by molar-refractivity contribution is 0.0683. The van der Waals surface area contributed by atoms with Gasteiger partial charge in [-0.3, -0.25) is 14.7 Å². The summed E-state index contributed by atoms with van der Waals surface area (Å²) in [6, 6.07) is 9.47. The zero-order chi connectivity index (χ0) is 16.7. The first-order chi connectivity index (χ1) is 11.6. The smallest absolute Gasteiger partial charge is 0.272 e. The van der Waals surface area contributed by atoms with Gasteiger partial charge in [-0.05, 0) is 44.2 Å². The number of benzene rings is 1. The van der Waals surface area contributed by atoms with Crippen LogP contribution in [-0.4, -0.2) is 33.2 Å². The zero-order valence-corrected chi connectivity index (χ0v) is 14.0. The Balaban J connectivity index is 1.61. The van der Waals surface area contributed by atoms with E-state index in [4.69, 9.17) is 0 Å². The summed E-state index contributed by atoms with van der Waals surface area (Å²) in [5.74, 6) is 0.612. The summed E-state index contributed by atoms with van der Waals surface area (Å²) < 4.78 is 1.45. The second-order valence-corrected chi connectivity index (χ2v) is 7.08. The van der Waals surface area contributed by atoms with Crippen LogP contribution in [0, 0.1) is 12.8 Å². The SMILES string of the molecule is Cc1ccc(-n2[nH]c(C(=O)N3CC[C@H]4CCCC[C@@H]43)cc2=O)cc1. The van der Waals surface area contributed by atoms with Crippen molar-refractivity contribution in [3.63, 3.8) is 0 Å². The van der Waals surface area contributed by atoms with E-state index in [-0.39, 0.29) is 11.5 Å². The fourth-order valence-corrected chi connectivity index (χ4v) is 4.20. The summed E-state index contributed by atoms with van der Waals surface area (Å²) >= 11 is 0. The number of amides is 1. The molecule has 1 aromatic carbocycles. The van der Waals surface area contributed by atoms with Crippen molar-refractivity contribution >= 4 is 5.91 Å². The van der Waals surface area contributed by atoms with Crippen LogP contribution in [0.3, 0.4) is 0 Å². The molecular weight excluding hydrogens is 302 g/mol. The number of hydrogen-bond donors (Lipinski definition) is 1. The van der Waals surface area contributed by atoms with Gasteiger partial charge in [0.25, 0.3) is 11.5 Å². The van der Waals surface area contributed by atoms with Gasteiger partial charge in [0.05, 0.1) is 5.69 Å². The lowest BCUT2D eigenvalue weighted by Gasteiger charge is -2.31. The van der Waals surface area contributed by atoms with Gasteiger partial charge in [0.2, 0.25) is 0 Å². The first kappa shape index (κ1) is 15.2. The molecule has 5 nitrogen and oxygen atoms in total. The number of carbonyl (C=O) groups is 1. The van der Waals surface area contributed by atoms with Crippen LogP contribution in [0.2, 0.25) is 0 Å². The topological polar surface area (TPSA) is 58.1 Å². The molecule has 1 amide bonds. The number of carbonyl (C=O) groups excluding carboxylic acids is 1. The van der Waals surface area contributed by atoms with E-state index >= 15 is 0 Å². The molecule has 1 N–H and O–H groups in total. The third-order valence-electron chi connectivity index (χ3n) is 5.51. The van der Waals surface area contributed by atoms with Crippen molar-refractivity contribution in [2.45, 2.75) is 45.1 Å². The molecule has 1 saturated heterocycles. The average molecular weight is 325 g/mol. The molecule has 1 saturated carbocycles. The number of fused-ring (bicyclic) bond motifs is 1. The normalized spacial score (nSPS) is 23.3. The Hall–Kier alpha value is -2.30. The molecule has 0 spiro atoms. The van der Waals surface area contributed by atoms with Crippen LogP contribution in [-0.2, 0) is 0 Å². The number of hydrogen-bond acceptors (Lipinski definition) is 2. The minimum Gasteiger partial charge on any atom is -0.334 e. The second kappa shape index (κ2) is 5.96. The highest BCUT2D eigenvalue weighted by Crippen LogP contribution is 2.36. The van der Waals surface area contributed by atoms with Gasteiger partial charge in [-0.25, -0.2) is 4.68 Å². The van der Waals surface area contributed by atoms with Gasteiger partial charge >= 0.3 is 0 Å². The first-order valence-corrected chi connectivity index (χ1v) is 8.83. The fourth-order valence-electron chi connectivity index (χ4n) is 4.20. The van der Waals surface area contributed by atoms with Crippen LogP contribution in [0.1, 0.15) is 48.2 Å². The third-order valence-corrected chi connectivity index (χ3v) is 5.51. The van der Waals surface area contributed by atoms with Crippen LogP contribution in [0.4, 0.5) is 0 Å². The van der Waals surface area contributed by atoms with Gasteiger partial charge in [0.1, 0.15) is 5.69 Å². The van der Waals surface area contributed by atoms with Gasteiger partial charge in [0, 0.05) is 18.7 Å². The number of rotatable bonds is 2. The van der Waals surface area contributed by atoms with Gasteiger partial charge in [0.15, 0.2) is 0 Å². The standard InChI is InChI=1S/C19H23N3O2/c1-13-6-8-15(9-7-13)22-18(23)12-16(20-22)19(24)21-11-10-14-4-2-3-5-17(14)21/h6-9,12,14,17,20H,2-5,10-11H2,1H3/t14-,17+/m1/s1. The van der Waals surface area contributed by atoms with Crippen LogP contribution in [0.15, 0.2) is 35.1 Å². The largest absolute Gasteiger partial charge is 0.334 e. The van der Waals surface area contributed by atoms with Crippen molar-refractivity contribution in [2.75, 3.05) is 6.54 Å². The first-order valence-electron chi connectivity index (χ1n) is 8.83. The number of aromatic nitrogens is 2. The van der Waals surface area contributed by atoms with E-state index in [0.29, 0.717) is 17.7 Å². The molecule has 24 heavy (non-hydrogen) atoms. The Kier molecular flexibility index (Phi) is 3.79. The molecule has 1 aromatic heterocycles. The maximum absolute atomic E-state index is 12.9. The molecule has 2 aromatic rings. The maximum atomic E-state index is 12.9. The Morgan fingerprint density at radius 1 is 1.12 bits per heavy atom. The Bertz CT molecular complexity index is 803. The monoisotopic (exact) mass is 325 g/mol. The summed E-state index contributed by atoms with van der Waals surface area (Å²) in [5.41, 5.74) is 2.09. The number of nitrogens with zero attached hydrogens (tertiary/aromatic N) is 2. The molecule has 4 rings (SSSR count). The van der Waals surface area contributed by atoms with E-state index < -0.39 is 0 Å². The van der Waals surface area contributed by atoms with E-state index in [2.05, 4.69) is 5.10 Å². The van der Waals surface area contributed by atoms with Crippen LogP contribution >= 0.6 is 0 Å². The predicted octanol–water partition coefficient (Wildman–Crippen LogP) is 2.88. The van der Waals surface area contributed by atoms with Crippen molar-refractivity contribution < 1.29 is 4.79 Å². The van der Waals surface area contributed by atoms with Crippen LogP contribution in [0.25, 0.3) is 5.69 Å². The molecular formula is C19H23N3O2. The lowest BCUT2D eigenvalue weighted by Crippen LogP contribution is -2.39. The van der Waals surface area contributed by atoms with E-state index in [1.165, 1.54) is 30.0 Å². The highest BCUT2D eigenvalue weighted by Gasteiger charge is 2.38. The van der Waals surface area contributed by atoms with Crippen molar-refractivity contribution in [1.82, 2.24) is 14.7 Å². The van der Waals surface area contributed by atoms with Crippen molar-refractivity contribution in [1.29, 1.82) is 0 Å². The summed E-state index contributed by atoms with van der Waals surface area (Å²) in [6.45, 7) is 2.82.